The van der Waals surface area contributed by atoms with Gasteiger partial charge >= 0.3 is 0 Å². The van der Waals surface area contributed by atoms with Gasteiger partial charge in [-0.05, 0) is 55.8 Å². The van der Waals surface area contributed by atoms with Crippen LogP contribution in [0.3, 0.4) is 0 Å². The fourth-order valence-electron chi connectivity index (χ4n) is 6.15. The van der Waals surface area contributed by atoms with E-state index in [4.69, 9.17) is 4.98 Å². The number of aromatic amines is 1. The highest BCUT2D eigenvalue weighted by molar-refractivity contribution is 6.03. The fourth-order valence-corrected chi connectivity index (χ4v) is 6.15. The Morgan fingerprint density at radius 3 is 2.34 bits per heavy atom. The number of anilines is 2. The van der Waals surface area contributed by atoms with Gasteiger partial charge in [-0.15, -0.1) is 0 Å². The molecule has 0 unspecified atom stereocenters. The molecular formula is C30H35N7O. The molecule has 1 aliphatic carbocycles. The van der Waals surface area contributed by atoms with E-state index in [-0.39, 0.29) is 5.92 Å². The molecule has 3 fully saturated rings. The first kappa shape index (κ1) is 23.5. The van der Waals surface area contributed by atoms with Crippen LogP contribution in [0.1, 0.15) is 19.8 Å². The van der Waals surface area contributed by atoms with Crippen molar-refractivity contribution in [3.8, 4) is 11.3 Å². The summed E-state index contributed by atoms with van der Waals surface area (Å²) in [5.74, 6) is 0.640. The number of nitrogens with one attached hydrogen (secondary N) is 1. The third kappa shape index (κ3) is 4.17. The van der Waals surface area contributed by atoms with Gasteiger partial charge in [0.15, 0.2) is 0 Å². The Morgan fingerprint density at radius 2 is 1.61 bits per heavy atom. The maximum atomic E-state index is 12.5. The van der Waals surface area contributed by atoms with Gasteiger partial charge in [0.05, 0.1) is 5.52 Å². The van der Waals surface area contributed by atoms with Gasteiger partial charge in [0, 0.05) is 104 Å². The number of nitrogens with zero attached hydrogens (tertiary/aromatic N) is 6. The summed E-state index contributed by atoms with van der Waals surface area (Å²) >= 11 is 0. The Labute approximate surface area is 223 Å². The standard InChI is InChI=1S/C30H35N7O/c1-2-34-12-14-35(15-13-34)26-8-7-22(28-23(26)4-3-10-31-28)25-20-24-27(9-11-32-29(24)33-25)36-16-18-37(19-17-36)30(38)21-5-6-21/h3-4,7-11,20-21H,2,5-6,12-19H2,1H3,(H,32,33). The van der Waals surface area contributed by atoms with Crippen molar-refractivity contribution in [1.29, 1.82) is 0 Å². The van der Waals surface area contributed by atoms with Gasteiger partial charge in [-0.3, -0.25) is 9.78 Å². The number of fused-ring (bicyclic) bond motifs is 2. The molecule has 2 aliphatic heterocycles. The summed E-state index contributed by atoms with van der Waals surface area (Å²) < 4.78 is 0. The highest BCUT2D eigenvalue weighted by Gasteiger charge is 2.34. The largest absolute Gasteiger partial charge is 0.368 e. The molecule has 1 amide bonds. The average Bonchev–Trinajstić information content (AvgIpc) is 3.74. The lowest BCUT2D eigenvalue weighted by Gasteiger charge is -2.36. The SMILES string of the molecule is CCN1CCN(c2ccc(-c3cc4c(N5CCN(C(=O)C6CC6)CC5)ccnc4[nH]3)c3ncccc23)CC1. The van der Waals surface area contributed by atoms with Crippen LogP contribution in [-0.2, 0) is 4.79 Å². The normalized spacial score (nSPS) is 19.0. The molecule has 1 saturated carbocycles. The van der Waals surface area contributed by atoms with Crippen LogP contribution >= 0.6 is 0 Å². The van der Waals surface area contributed by atoms with E-state index in [1.54, 1.807) is 0 Å². The fraction of sp³-hybridized carbons (Fsp3) is 0.433. The number of likely N-dealkylation sites (N-methyl/N-ethyl adjacent to an activating group) is 1. The van der Waals surface area contributed by atoms with Crippen molar-refractivity contribution < 1.29 is 4.79 Å². The minimum Gasteiger partial charge on any atom is -0.368 e. The summed E-state index contributed by atoms with van der Waals surface area (Å²) in [6.07, 6.45) is 5.90. The molecule has 0 radical (unpaired) electrons. The summed E-state index contributed by atoms with van der Waals surface area (Å²) in [7, 11) is 0. The van der Waals surface area contributed by atoms with E-state index in [0.29, 0.717) is 5.91 Å². The molecule has 5 heterocycles. The topological polar surface area (TPSA) is 71.6 Å². The van der Waals surface area contributed by atoms with E-state index in [1.165, 1.54) is 16.8 Å². The van der Waals surface area contributed by atoms with E-state index in [9.17, 15) is 4.79 Å². The second-order valence-electron chi connectivity index (χ2n) is 10.8. The molecule has 4 aromatic rings. The first-order chi connectivity index (χ1) is 18.7. The van der Waals surface area contributed by atoms with Crippen LogP contribution in [0.4, 0.5) is 11.4 Å². The number of carbonyl (C=O) groups excluding carboxylic acids is 1. The summed E-state index contributed by atoms with van der Waals surface area (Å²) in [4.78, 5) is 35.1. The van der Waals surface area contributed by atoms with Crippen molar-refractivity contribution in [2.45, 2.75) is 19.8 Å². The van der Waals surface area contributed by atoms with Crippen molar-refractivity contribution in [3.05, 3.63) is 48.8 Å². The van der Waals surface area contributed by atoms with E-state index in [0.717, 1.165) is 99.6 Å². The van der Waals surface area contributed by atoms with Gasteiger partial charge in [0.1, 0.15) is 5.65 Å². The van der Waals surface area contributed by atoms with Crippen LogP contribution < -0.4 is 9.80 Å². The Morgan fingerprint density at radius 1 is 0.868 bits per heavy atom. The lowest BCUT2D eigenvalue weighted by molar-refractivity contribution is -0.132. The number of carbonyl (C=O) groups is 1. The van der Waals surface area contributed by atoms with Crippen LogP contribution in [-0.4, -0.2) is 89.6 Å². The van der Waals surface area contributed by atoms with Gasteiger partial charge in [0.25, 0.3) is 0 Å². The highest BCUT2D eigenvalue weighted by atomic mass is 16.2. The minimum atomic E-state index is 0.289. The maximum absolute atomic E-state index is 12.5. The first-order valence-corrected chi connectivity index (χ1v) is 14.1. The molecule has 0 bridgehead atoms. The lowest BCUT2D eigenvalue weighted by atomic mass is 10.0. The first-order valence-electron chi connectivity index (χ1n) is 14.1. The van der Waals surface area contributed by atoms with Crippen LogP contribution in [0.2, 0.25) is 0 Å². The molecule has 1 aromatic carbocycles. The van der Waals surface area contributed by atoms with Crippen molar-refractivity contribution in [2.75, 3.05) is 68.7 Å². The van der Waals surface area contributed by atoms with Crippen LogP contribution in [0.5, 0.6) is 0 Å². The van der Waals surface area contributed by atoms with Crippen LogP contribution in [0.25, 0.3) is 33.2 Å². The van der Waals surface area contributed by atoms with Gasteiger partial charge in [-0.2, -0.15) is 0 Å². The average molecular weight is 510 g/mol. The number of pyridine rings is 2. The van der Waals surface area contributed by atoms with Crippen molar-refractivity contribution >= 4 is 39.2 Å². The van der Waals surface area contributed by atoms with Crippen LogP contribution in [0, 0.1) is 5.92 Å². The highest BCUT2D eigenvalue weighted by Crippen LogP contribution is 2.37. The molecule has 8 heteroatoms. The second-order valence-corrected chi connectivity index (χ2v) is 10.8. The van der Waals surface area contributed by atoms with Crippen LogP contribution in [0.15, 0.2) is 48.8 Å². The van der Waals surface area contributed by atoms with E-state index in [2.05, 4.69) is 66.8 Å². The van der Waals surface area contributed by atoms with Crippen molar-refractivity contribution in [1.82, 2.24) is 24.8 Å². The summed E-state index contributed by atoms with van der Waals surface area (Å²) in [5.41, 5.74) is 6.48. The molecule has 38 heavy (non-hydrogen) atoms. The number of aromatic nitrogens is 3. The number of benzene rings is 1. The molecule has 0 spiro atoms. The monoisotopic (exact) mass is 509 g/mol. The number of amides is 1. The van der Waals surface area contributed by atoms with Crippen molar-refractivity contribution in [2.24, 2.45) is 5.92 Å². The Bertz CT molecular complexity index is 1480. The van der Waals surface area contributed by atoms with Gasteiger partial charge in [-0.1, -0.05) is 6.92 Å². The van der Waals surface area contributed by atoms with E-state index < -0.39 is 0 Å². The predicted octanol–water partition coefficient (Wildman–Crippen LogP) is 3.98. The number of H-pyrrole nitrogens is 1. The van der Waals surface area contributed by atoms with Gasteiger partial charge < -0.3 is 24.6 Å². The minimum absolute atomic E-state index is 0.289. The molecule has 1 N–H and O–H groups in total. The molecule has 2 saturated heterocycles. The van der Waals surface area contributed by atoms with E-state index >= 15 is 0 Å². The number of piperazine rings is 2. The van der Waals surface area contributed by atoms with E-state index in [1.807, 2.05) is 18.5 Å². The maximum Gasteiger partial charge on any atom is 0.225 e. The van der Waals surface area contributed by atoms with Gasteiger partial charge in [0.2, 0.25) is 5.91 Å². The zero-order chi connectivity index (χ0) is 25.6. The smallest absolute Gasteiger partial charge is 0.225 e. The molecule has 3 aliphatic rings. The molecule has 8 nitrogen and oxygen atoms in total. The molecule has 7 rings (SSSR count). The number of hydrogen-bond acceptors (Lipinski definition) is 6. The predicted molar refractivity (Wildman–Crippen MR) is 153 cm³/mol. The Balaban J connectivity index is 1.19. The Kier molecular flexibility index (Phi) is 5.92. The molecular weight excluding hydrogens is 474 g/mol. The second kappa shape index (κ2) is 9.58. The summed E-state index contributed by atoms with van der Waals surface area (Å²) in [5, 5.41) is 2.31. The molecule has 196 valence electrons. The third-order valence-electron chi connectivity index (χ3n) is 8.56. The summed E-state index contributed by atoms with van der Waals surface area (Å²) in [6, 6.07) is 13.0. The molecule has 0 atom stereocenters. The third-order valence-corrected chi connectivity index (χ3v) is 8.56. The summed E-state index contributed by atoms with van der Waals surface area (Å²) in [6.45, 7) is 10.9. The zero-order valence-corrected chi connectivity index (χ0v) is 22.1. The van der Waals surface area contributed by atoms with Gasteiger partial charge in [-0.25, -0.2) is 4.98 Å². The zero-order valence-electron chi connectivity index (χ0n) is 22.1. The lowest BCUT2D eigenvalue weighted by Crippen LogP contribution is -2.49. The number of rotatable bonds is 5. The number of hydrogen-bond donors (Lipinski definition) is 1. The quantitative estimate of drug-likeness (QED) is 0.439. The Hall–Kier alpha value is -3.65. The molecule has 3 aromatic heterocycles. The van der Waals surface area contributed by atoms with Crippen molar-refractivity contribution in [3.63, 3.8) is 0 Å².